The molecule has 0 spiro atoms. The van der Waals surface area contributed by atoms with E-state index in [2.05, 4.69) is 23.3 Å². The van der Waals surface area contributed by atoms with Crippen molar-refractivity contribution in [1.29, 1.82) is 0 Å². The van der Waals surface area contributed by atoms with Crippen LogP contribution in [-0.2, 0) is 0 Å². The van der Waals surface area contributed by atoms with E-state index in [0.717, 1.165) is 34.6 Å². The summed E-state index contributed by atoms with van der Waals surface area (Å²) in [6, 6.07) is 17.7. The Morgan fingerprint density at radius 3 is 2.65 bits per heavy atom. The van der Waals surface area contributed by atoms with Crippen molar-refractivity contribution in [3.63, 3.8) is 0 Å². The zero-order chi connectivity index (χ0) is 13.8. The largest absolute Gasteiger partial charge is 0.455 e. The number of benzene rings is 2. The Labute approximate surface area is 118 Å². The number of hydrogen-bond donors (Lipinski definition) is 1. The van der Waals surface area contributed by atoms with Crippen molar-refractivity contribution in [3.8, 4) is 11.5 Å². The highest BCUT2D eigenvalue weighted by Crippen LogP contribution is 2.31. The number of rotatable bonds is 4. The Morgan fingerprint density at radius 2 is 1.85 bits per heavy atom. The fourth-order valence-corrected chi connectivity index (χ4v) is 2.19. The van der Waals surface area contributed by atoms with Gasteiger partial charge in [0.1, 0.15) is 11.3 Å². The second kappa shape index (κ2) is 5.61. The summed E-state index contributed by atoms with van der Waals surface area (Å²) in [5.74, 6) is 1.59. The molecule has 3 aromatic rings. The molecule has 0 aliphatic heterocycles. The van der Waals surface area contributed by atoms with Gasteiger partial charge in [0.15, 0.2) is 5.75 Å². The molecular weight excluding hydrogens is 248 g/mol. The van der Waals surface area contributed by atoms with Crippen molar-refractivity contribution in [2.75, 3.05) is 11.9 Å². The zero-order valence-corrected chi connectivity index (χ0v) is 11.3. The first-order chi connectivity index (χ1) is 9.88. The van der Waals surface area contributed by atoms with Gasteiger partial charge < -0.3 is 10.1 Å². The number of fused-ring (bicyclic) bond motifs is 1. The Balaban J connectivity index is 2.06. The van der Waals surface area contributed by atoms with Crippen LogP contribution in [0.3, 0.4) is 0 Å². The molecule has 100 valence electrons. The lowest BCUT2D eigenvalue weighted by Gasteiger charge is -2.11. The number of anilines is 1. The minimum absolute atomic E-state index is 0.772. The fraction of sp³-hybridized carbons (Fsp3) is 0.118. The number of pyridine rings is 1. The number of hydrogen-bond acceptors (Lipinski definition) is 3. The first kappa shape index (κ1) is 12.5. The van der Waals surface area contributed by atoms with Crippen LogP contribution in [0.25, 0.3) is 10.9 Å². The highest BCUT2D eigenvalue weighted by molar-refractivity contribution is 5.94. The van der Waals surface area contributed by atoms with Gasteiger partial charge in [-0.3, -0.25) is 4.98 Å². The van der Waals surface area contributed by atoms with Crippen LogP contribution in [0.15, 0.2) is 60.8 Å². The van der Waals surface area contributed by atoms with Gasteiger partial charge in [0.2, 0.25) is 0 Å². The summed E-state index contributed by atoms with van der Waals surface area (Å²) < 4.78 is 5.93. The molecule has 0 amide bonds. The molecule has 0 fully saturated rings. The molecule has 1 heterocycles. The van der Waals surface area contributed by atoms with Crippen LogP contribution in [0.4, 0.5) is 5.69 Å². The maximum atomic E-state index is 5.93. The Morgan fingerprint density at radius 1 is 1.00 bits per heavy atom. The molecule has 0 atom stereocenters. The predicted molar refractivity (Wildman–Crippen MR) is 82.4 cm³/mol. The van der Waals surface area contributed by atoms with Crippen molar-refractivity contribution in [1.82, 2.24) is 4.98 Å². The Hall–Kier alpha value is -2.55. The Kier molecular flexibility index (Phi) is 3.50. The van der Waals surface area contributed by atoms with Crippen molar-refractivity contribution in [2.45, 2.75) is 6.92 Å². The molecular formula is C17H16N2O. The number of aromatic nitrogens is 1. The summed E-state index contributed by atoms with van der Waals surface area (Å²) >= 11 is 0. The molecule has 3 heteroatoms. The average Bonchev–Trinajstić information content (AvgIpc) is 2.50. The van der Waals surface area contributed by atoms with E-state index in [1.165, 1.54) is 0 Å². The molecule has 3 nitrogen and oxygen atoms in total. The van der Waals surface area contributed by atoms with E-state index < -0.39 is 0 Å². The molecule has 1 N–H and O–H groups in total. The van der Waals surface area contributed by atoms with E-state index in [-0.39, 0.29) is 0 Å². The molecule has 1 aromatic heterocycles. The Bertz CT molecular complexity index is 711. The van der Waals surface area contributed by atoms with E-state index in [4.69, 9.17) is 4.74 Å². The van der Waals surface area contributed by atoms with Gasteiger partial charge in [-0.05, 0) is 31.2 Å². The molecule has 0 saturated heterocycles. The van der Waals surface area contributed by atoms with Crippen LogP contribution < -0.4 is 10.1 Å². The maximum absolute atomic E-state index is 5.93. The predicted octanol–water partition coefficient (Wildman–Crippen LogP) is 4.46. The summed E-state index contributed by atoms with van der Waals surface area (Å²) in [6.45, 7) is 2.96. The van der Waals surface area contributed by atoms with Gasteiger partial charge >= 0.3 is 0 Å². The molecule has 0 radical (unpaired) electrons. The molecule has 0 unspecified atom stereocenters. The second-order valence-electron chi connectivity index (χ2n) is 4.46. The van der Waals surface area contributed by atoms with Gasteiger partial charge in [0, 0.05) is 23.8 Å². The van der Waals surface area contributed by atoms with E-state index in [9.17, 15) is 0 Å². The summed E-state index contributed by atoms with van der Waals surface area (Å²) in [7, 11) is 0. The van der Waals surface area contributed by atoms with Crippen molar-refractivity contribution < 1.29 is 4.74 Å². The third-order valence-corrected chi connectivity index (χ3v) is 3.07. The number of nitrogens with one attached hydrogen (secondary N) is 1. The van der Waals surface area contributed by atoms with Gasteiger partial charge in [0.05, 0.1) is 0 Å². The lowest BCUT2D eigenvalue weighted by Crippen LogP contribution is -1.98. The first-order valence-electron chi connectivity index (χ1n) is 6.73. The standard InChI is InChI=1S/C17H16N2O/c1-2-18-15-11-12-19-17-14(15)9-6-10-16(17)20-13-7-4-3-5-8-13/h3-12H,2H2,1H3,(H,18,19). The summed E-state index contributed by atoms with van der Waals surface area (Å²) in [4.78, 5) is 4.46. The highest BCUT2D eigenvalue weighted by atomic mass is 16.5. The summed E-state index contributed by atoms with van der Waals surface area (Å²) in [6.07, 6.45) is 1.80. The van der Waals surface area contributed by atoms with Gasteiger partial charge in [-0.2, -0.15) is 0 Å². The minimum atomic E-state index is 0.772. The smallest absolute Gasteiger partial charge is 0.153 e. The highest BCUT2D eigenvalue weighted by Gasteiger charge is 2.07. The molecule has 0 aliphatic carbocycles. The van der Waals surface area contributed by atoms with Crippen LogP contribution >= 0.6 is 0 Å². The number of para-hydroxylation sites is 2. The zero-order valence-electron chi connectivity index (χ0n) is 11.3. The SMILES string of the molecule is CCNc1ccnc2c(Oc3ccccc3)cccc12. The monoisotopic (exact) mass is 264 g/mol. The van der Waals surface area contributed by atoms with Crippen molar-refractivity contribution >= 4 is 16.6 Å². The lowest BCUT2D eigenvalue weighted by molar-refractivity contribution is 0.487. The average molecular weight is 264 g/mol. The van der Waals surface area contributed by atoms with Gasteiger partial charge in [0.25, 0.3) is 0 Å². The van der Waals surface area contributed by atoms with Gasteiger partial charge in [-0.1, -0.05) is 30.3 Å². The molecule has 20 heavy (non-hydrogen) atoms. The summed E-state index contributed by atoms with van der Waals surface area (Å²) in [5.41, 5.74) is 1.95. The van der Waals surface area contributed by atoms with E-state index in [1.807, 2.05) is 48.5 Å². The van der Waals surface area contributed by atoms with Crippen LogP contribution in [0.1, 0.15) is 6.92 Å². The molecule has 0 aliphatic rings. The van der Waals surface area contributed by atoms with Crippen molar-refractivity contribution in [2.24, 2.45) is 0 Å². The second-order valence-corrected chi connectivity index (χ2v) is 4.46. The number of nitrogens with zero attached hydrogens (tertiary/aromatic N) is 1. The molecule has 0 saturated carbocycles. The molecule has 0 bridgehead atoms. The van der Waals surface area contributed by atoms with E-state index >= 15 is 0 Å². The lowest BCUT2D eigenvalue weighted by atomic mass is 10.1. The van der Waals surface area contributed by atoms with E-state index in [0.29, 0.717) is 0 Å². The quantitative estimate of drug-likeness (QED) is 0.755. The third kappa shape index (κ3) is 2.43. The fourth-order valence-electron chi connectivity index (χ4n) is 2.19. The normalized spacial score (nSPS) is 10.4. The van der Waals surface area contributed by atoms with E-state index in [1.54, 1.807) is 6.20 Å². The van der Waals surface area contributed by atoms with Gasteiger partial charge in [-0.15, -0.1) is 0 Å². The van der Waals surface area contributed by atoms with Crippen LogP contribution in [0, 0.1) is 0 Å². The van der Waals surface area contributed by atoms with Crippen LogP contribution in [-0.4, -0.2) is 11.5 Å². The first-order valence-corrected chi connectivity index (χ1v) is 6.73. The van der Waals surface area contributed by atoms with Crippen LogP contribution in [0.2, 0.25) is 0 Å². The van der Waals surface area contributed by atoms with Crippen molar-refractivity contribution in [3.05, 3.63) is 60.8 Å². The number of ether oxygens (including phenoxy) is 1. The minimum Gasteiger partial charge on any atom is -0.455 e. The van der Waals surface area contributed by atoms with Gasteiger partial charge in [-0.25, -0.2) is 0 Å². The maximum Gasteiger partial charge on any atom is 0.153 e. The molecule has 3 rings (SSSR count). The van der Waals surface area contributed by atoms with Crippen LogP contribution in [0.5, 0.6) is 11.5 Å². The molecule has 2 aromatic carbocycles. The topological polar surface area (TPSA) is 34.2 Å². The third-order valence-electron chi connectivity index (χ3n) is 3.07. The summed E-state index contributed by atoms with van der Waals surface area (Å²) in [5, 5.41) is 4.42.